The molecule has 1 aromatic rings. The van der Waals surface area contributed by atoms with Gasteiger partial charge in [-0.05, 0) is 25.1 Å². The number of anilines is 1. The fourth-order valence-electron chi connectivity index (χ4n) is 1.28. The molecule has 1 rings (SSSR count). The molecule has 18 heavy (non-hydrogen) atoms. The Labute approximate surface area is 106 Å². The van der Waals surface area contributed by atoms with Crippen molar-refractivity contribution in [1.29, 1.82) is 0 Å². The van der Waals surface area contributed by atoms with E-state index in [1.807, 2.05) is 0 Å². The summed E-state index contributed by atoms with van der Waals surface area (Å²) in [6.07, 6.45) is 0.958. The largest absolute Gasteiger partial charge is 0.492 e. The van der Waals surface area contributed by atoms with E-state index in [0.29, 0.717) is 0 Å². The summed E-state index contributed by atoms with van der Waals surface area (Å²) in [6.45, 7) is 1.96. The van der Waals surface area contributed by atoms with Gasteiger partial charge in [0, 0.05) is 0 Å². The molecule has 0 atom stereocenters. The summed E-state index contributed by atoms with van der Waals surface area (Å²) in [4.78, 5) is -0.266. The molecule has 9 heteroatoms. The van der Waals surface area contributed by atoms with E-state index in [9.17, 15) is 16.8 Å². The van der Waals surface area contributed by atoms with Gasteiger partial charge in [-0.15, -0.1) is 0 Å². The SMILES string of the molecule is CCOc1ccc(NS(C)(=O)=O)cc1S(N)(=O)=O. The minimum Gasteiger partial charge on any atom is -0.492 e. The van der Waals surface area contributed by atoms with E-state index in [4.69, 9.17) is 9.88 Å². The molecule has 0 aromatic heterocycles. The molecule has 0 aliphatic heterocycles. The Hall–Kier alpha value is -1.32. The maximum absolute atomic E-state index is 11.4. The van der Waals surface area contributed by atoms with Crippen molar-refractivity contribution in [1.82, 2.24) is 0 Å². The molecular formula is C9H14N2O5S2. The smallest absolute Gasteiger partial charge is 0.241 e. The third kappa shape index (κ3) is 4.17. The molecule has 0 amide bonds. The monoisotopic (exact) mass is 294 g/mol. The highest BCUT2D eigenvalue weighted by molar-refractivity contribution is 7.92. The van der Waals surface area contributed by atoms with E-state index in [1.54, 1.807) is 6.92 Å². The molecule has 0 saturated carbocycles. The molecule has 0 radical (unpaired) electrons. The Kier molecular flexibility index (Phi) is 4.20. The van der Waals surface area contributed by atoms with E-state index >= 15 is 0 Å². The van der Waals surface area contributed by atoms with Crippen molar-refractivity contribution in [2.24, 2.45) is 5.14 Å². The number of hydrogen-bond acceptors (Lipinski definition) is 5. The Morgan fingerprint density at radius 1 is 1.28 bits per heavy atom. The van der Waals surface area contributed by atoms with Gasteiger partial charge in [-0.3, -0.25) is 4.72 Å². The topological polar surface area (TPSA) is 116 Å². The van der Waals surface area contributed by atoms with Gasteiger partial charge in [0.15, 0.2) is 0 Å². The molecule has 102 valence electrons. The van der Waals surface area contributed by atoms with Gasteiger partial charge in [-0.25, -0.2) is 22.0 Å². The summed E-state index contributed by atoms with van der Waals surface area (Å²) in [5, 5.41) is 5.04. The van der Waals surface area contributed by atoms with Gasteiger partial charge >= 0.3 is 0 Å². The predicted octanol–water partition coefficient (Wildman–Crippen LogP) is 0.104. The lowest BCUT2D eigenvalue weighted by molar-refractivity contribution is 0.331. The fraction of sp³-hybridized carbons (Fsp3) is 0.333. The number of rotatable bonds is 5. The maximum atomic E-state index is 11.4. The van der Waals surface area contributed by atoms with Crippen LogP contribution < -0.4 is 14.6 Å². The molecule has 0 saturated heterocycles. The van der Waals surface area contributed by atoms with Crippen LogP contribution in [0.5, 0.6) is 5.75 Å². The molecule has 0 heterocycles. The van der Waals surface area contributed by atoms with Crippen LogP contribution in [-0.4, -0.2) is 29.7 Å². The molecular weight excluding hydrogens is 280 g/mol. The second-order valence-electron chi connectivity index (χ2n) is 3.51. The molecule has 1 aromatic carbocycles. The zero-order chi connectivity index (χ0) is 14.0. The Morgan fingerprint density at radius 3 is 2.33 bits per heavy atom. The average Bonchev–Trinajstić information content (AvgIpc) is 2.16. The number of ether oxygens (including phenoxy) is 1. The van der Waals surface area contributed by atoms with Crippen LogP contribution in [0.25, 0.3) is 0 Å². The van der Waals surface area contributed by atoms with Gasteiger partial charge in [-0.1, -0.05) is 0 Å². The summed E-state index contributed by atoms with van der Waals surface area (Å²) in [6, 6.07) is 3.85. The van der Waals surface area contributed by atoms with Crippen molar-refractivity contribution in [2.75, 3.05) is 17.6 Å². The first-order valence-electron chi connectivity index (χ1n) is 4.91. The third-order valence-corrected chi connectivity index (χ3v) is 3.39. The first-order chi connectivity index (χ1) is 8.13. The maximum Gasteiger partial charge on any atom is 0.241 e. The van der Waals surface area contributed by atoms with Crippen LogP contribution >= 0.6 is 0 Å². The number of hydrogen-bond donors (Lipinski definition) is 2. The van der Waals surface area contributed by atoms with Crippen LogP contribution in [0.1, 0.15) is 6.92 Å². The lowest BCUT2D eigenvalue weighted by Crippen LogP contribution is -2.15. The molecule has 0 fully saturated rings. The number of primary sulfonamides is 1. The Bertz CT molecular complexity index is 637. The quantitative estimate of drug-likeness (QED) is 0.799. The van der Waals surface area contributed by atoms with E-state index in [2.05, 4.69) is 4.72 Å². The zero-order valence-electron chi connectivity index (χ0n) is 9.87. The summed E-state index contributed by atoms with van der Waals surface area (Å²) in [7, 11) is -7.48. The molecule has 0 aliphatic rings. The molecule has 0 unspecified atom stereocenters. The molecule has 0 spiro atoms. The molecule has 7 nitrogen and oxygen atoms in total. The Balaban J connectivity index is 3.30. The minimum atomic E-state index is -3.99. The van der Waals surface area contributed by atoms with Crippen molar-refractivity contribution >= 4 is 25.7 Å². The average molecular weight is 294 g/mol. The van der Waals surface area contributed by atoms with Crippen molar-refractivity contribution in [2.45, 2.75) is 11.8 Å². The molecule has 3 N–H and O–H groups in total. The number of sulfonamides is 2. The summed E-state index contributed by atoms with van der Waals surface area (Å²) in [5.74, 6) is 0.0825. The van der Waals surface area contributed by atoms with Gasteiger partial charge in [0.2, 0.25) is 20.0 Å². The third-order valence-electron chi connectivity index (χ3n) is 1.85. The van der Waals surface area contributed by atoms with Crippen LogP contribution in [0.4, 0.5) is 5.69 Å². The van der Waals surface area contributed by atoms with E-state index in [0.717, 1.165) is 12.3 Å². The van der Waals surface area contributed by atoms with Gasteiger partial charge in [0.1, 0.15) is 10.6 Å². The van der Waals surface area contributed by atoms with Gasteiger partial charge in [0.05, 0.1) is 18.6 Å². The van der Waals surface area contributed by atoms with E-state index in [-0.39, 0.29) is 22.9 Å². The number of nitrogens with two attached hydrogens (primary N) is 1. The predicted molar refractivity (Wildman–Crippen MR) is 67.5 cm³/mol. The number of nitrogens with one attached hydrogen (secondary N) is 1. The van der Waals surface area contributed by atoms with Crippen molar-refractivity contribution < 1.29 is 21.6 Å². The molecule has 0 bridgehead atoms. The summed E-state index contributed by atoms with van der Waals surface area (Å²) in [5.41, 5.74) is 0.102. The number of benzene rings is 1. The van der Waals surface area contributed by atoms with E-state index < -0.39 is 20.0 Å². The zero-order valence-corrected chi connectivity index (χ0v) is 11.5. The fourth-order valence-corrected chi connectivity index (χ4v) is 2.54. The highest BCUT2D eigenvalue weighted by Gasteiger charge is 2.16. The van der Waals surface area contributed by atoms with Crippen LogP contribution in [0, 0.1) is 0 Å². The first kappa shape index (κ1) is 14.7. The van der Waals surface area contributed by atoms with Crippen LogP contribution in [0.2, 0.25) is 0 Å². The molecule has 0 aliphatic carbocycles. The first-order valence-corrected chi connectivity index (χ1v) is 8.34. The normalized spacial score (nSPS) is 12.2. The van der Waals surface area contributed by atoms with Crippen molar-refractivity contribution in [3.63, 3.8) is 0 Å². The second-order valence-corrected chi connectivity index (χ2v) is 6.79. The van der Waals surface area contributed by atoms with Crippen LogP contribution in [-0.2, 0) is 20.0 Å². The minimum absolute atomic E-state index is 0.0825. The highest BCUT2D eigenvalue weighted by atomic mass is 32.2. The highest BCUT2D eigenvalue weighted by Crippen LogP contribution is 2.26. The lowest BCUT2D eigenvalue weighted by atomic mass is 10.3. The van der Waals surface area contributed by atoms with Gasteiger partial charge < -0.3 is 4.74 Å². The van der Waals surface area contributed by atoms with Gasteiger partial charge in [-0.2, -0.15) is 0 Å². The van der Waals surface area contributed by atoms with Crippen LogP contribution in [0.3, 0.4) is 0 Å². The summed E-state index contributed by atoms with van der Waals surface area (Å²) < 4.78 is 52.1. The Morgan fingerprint density at radius 2 is 1.89 bits per heavy atom. The standard InChI is InChI=1S/C9H14N2O5S2/c1-3-16-8-5-4-7(11-17(2,12)13)6-9(8)18(10,14)15/h4-6,11H,3H2,1-2H3,(H2,10,14,15). The van der Waals surface area contributed by atoms with Gasteiger partial charge in [0.25, 0.3) is 0 Å². The van der Waals surface area contributed by atoms with E-state index in [1.165, 1.54) is 12.1 Å². The second kappa shape index (κ2) is 5.12. The van der Waals surface area contributed by atoms with Crippen molar-refractivity contribution in [3.8, 4) is 5.75 Å². The van der Waals surface area contributed by atoms with Crippen molar-refractivity contribution in [3.05, 3.63) is 18.2 Å². The van der Waals surface area contributed by atoms with Crippen LogP contribution in [0.15, 0.2) is 23.1 Å². The lowest BCUT2D eigenvalue weighted by Gasteiger charge is -2.11. The summed E-state index contributed by atoms with van der Waals surface area (Å²) >= 11 is 0.